The largest absolute Gasteiger partial charge is 0.303 e. The summed E-state index contributed by atoms with van der Waals surface area (Å²) in [6.45, 7) is 7.59. The summed E-state index contributed by atoms with van der Waals surface area (Å²) in [7, 11) is 0. The first-order chi connectivity index (χ1) is 9.78. The van der Waals surface area contributed by atoms with Gasteiger partial charge in [-0.3, -0.25) is 5.43 Å². The Balaban J connectivity index is 2.15. The summed E-state index contributed by atoms with van der Waals surface area (Å²) in [5, 5.41) is 2.06. The number of anilines is 1. The number of nitrogens with zero attached hydrogens (tertiary/aromatic N) is 3. The van der Waals surface area contributed by atoms with E-state index in [1.807, 2.05) is 18.2 Å². The van der Waals surface area contributed by atoms with Gasteiger partial charge in [-0.05, 0) is 19.2 Å². The van der Waals surface area contributed by atoms with Gasteiger partial charge >= 0.3 is 0 Å². The zero-order valence-electron chi connectivity index (χ0n) is 12.0. The molecule has 0 unspecified atom stereocenters. The predicted molar refractivity (Wildman–Crippen MR) is 85.9 cm³/mol. The van der Waals surface area contributed by atoms with Crippen LogP contribution < -0.4 is 11.3 Å². The zero-order chi connectivity index (χ0) is 14.4. The fourth-order valence-corrected chi connectivity index (χ4v) is 3.06. The molecule has 1 heterocycles. The quantitative estimate of drug-likeness (QED) is 0.353. The van der Waals surface area contributed by atoms with E-state index in [1.165, 1.54) is 0 Å². The number of benzene rings is 1. The van der Waals surface area contributed by atoms with Crippen LogP contribution in [0.5, 0.6) is 0 Å². The normalized spacial score (nSPS) is 11.2. The number of nitrogen functional groups attached to an aromatic ring is 1. The van der Waals surface area contributed by atoms with E-state index in [1.54, 1.807) is 11.8 Å². The molecule has 20 heavy (non-hydrogen) atoms. The third-order valence-electron chi connectivity index (χ3n) is 3.24. The first kappa shape index (κ1) is 15.0. The Morgan fingerprint density at radius 1 is 1.20 bits per heavy atom. The molecule has 2 rings (SSSR count). The molecule has 2 aromatic rings. The molecular weight excluding hydrogens is 270 g/mol. The number of para-hydroxylation sites is 1. The van der Waals surface area contributed by atoms with Crippen molar-refractivity contribution in [1.29, 1.82) is 0 Å². The Morgan fingerprint density at radius 2 is 1.95 bits per heavy atom. The maximum absolute atomic E-state index is 5.44. The van der Waals surface area contributed by atoms with Gasteiger partial charge in [0, 0.05) is 17.7 Å². The van der Waals surface area contributed by atoms with Gasteiger partial charge in [-0.15, -0.1) is 11.8 Å². The monoisotopic (exact) mass is 291 g/mol. The fraction of sp³-hybridized carbons (Fsp3) is 0.429. The highest BCUT2D eigenvalue weighted by atomic mass is 32.2. The molecule has 1 aromatic carbocycles. The third-order valence-corrected chi connectivity index (χ3v) is 4.21. The van der Waals surface area contributed by atoms with E-state index >= 15 is 0 Å². The summed E-state index contributed by atoms with van der Waals surface area (Å²) in [6, 6.07) is 8.01. The van der Waals surface area contributed by atoms with Gasteiger partial charge in [-0.2, -0.15) is 0 Å². The van der Waals surface area contributed by atoms with Crippen molar-refractivity contribution in [3.05, 3.63) is 24.3 Å². The minimum Gasteiger partial charge on any atom is -0.303 e. The number of nitrogens with one attached hydrogen (secondary N) is 1. The Kier molecular flexibility index (Phi) is 5.58. The third kappa shape index (κ3) is 3.59. The van der Waals surface area contributed by atoms with Crippen LogP contribution in [0.25, 0.3) is 10.9 Å². The average molecular weight is 291 g/mol. The number of hydrogen-bond donors (Lipinski definition) is 2. The molecule has 0 bridgehead atoms. The van der Waals surface area contributed by atoms with Gasteiger partial charge in [0.1, 0.15) is 5.03 Å². The van der Waals surface area contributed by atoms with Crippen molar-refractivity contribution in [2.24, 2.45) is 5.84 Å². The van der Waals surface area contributed by atoms with E-state index in [-0.39, 0.29) is 0 Å². The van der Waals surface area contributed by atoms with Crippen molar-refractivity contribution >= 4 is 28.6 Å². The highest BCUT2D eigenvalue weighted by Crippen LogP contribution is 2.26. The van der Waals surface area contributed by atoms with Crippen molar-refractivity contribution in [3.63, 3.8) is 0 Å². The van der Waals surface area contributed by atoms with E-state index in [4.69, 9.17) is 5.84 Å². The van der Waals surface area contributed by atoms with Gasteiger partial charge < -0.3 is 4.90 Å². The molecule has 108 valence electrons. The van der Waals surface area contributed by atoms with Gasteiger partial charge in [0.2, 0.25) is 5.95 Å². The molecule has 0 amide bonds. The van der Waals surface area contributed by atoms with E-state index in [9.17, 15) is 0 Å². The molecule has 1 aromatic heterocycles. The van der Waals surface area contributed by atoms with E-state index in [0.717, 1.165) is 41.3 Å². The highest BCUT2D eigenvalue weighted by molar-refractivity contribution is 7.99. The minimum absolute atomic E-state index is 0.467. The number of hydrogen-bond acceptors (Lipinski definition) is 6. The smallest absolute Gasteiger partial charge is 0.238 e. The van der Waals surface area contributed by atoms with E-state index in [2.05, 4.69) is 40.2 Å². The SMILES string of the molecule is CCN(CC)CCSc1nc(NN)nc2ccccc12. The molecule has 0 saturated heterocycles. The number of fused-ring (bicyclic) bond motifs is 1. The Hall–Kier alpha value is -1.37. The van der Waals surface area contributed by atoms with Crippen molar-refractivity contribution < 1.29 is 0 Å². The van der Waals surface area contributed by atoms with E-state index < -0.39 is 0 Å². The van der Waals surface area contributed by atoms with Crippen LogP contribution in [0.3, 0.4) is 0 Å². The summed E-state index contributed by atoms with van der Waals surface area (Å²) in [5.41, 5.74) is 3.45. The Bertz CT molecular complexity index is 556. The highest BCUT2D eigenvalue weighted by Gasteiger charge is 2.08. The second-order valence-electron chi connectivity index (χ2n) is 4.39. The number of thioether (sulfide) groups is 1. The van der Waals surface area contributed by atoms with Gasteiger partial charge in [0.25, 0.3) is 0 Å². The summed E-state index contributed by atoms with van der Waals surface area (Å²) < 4.78 is 0. The number of rotatable bonds is 7. The van der Waals surface area contributed by atoms with Crippen LogP contribution in [0.2, 0.25) is 0 Å². The van der Waals surface area contributed by atoms with Crippen molar-refractivity contribution in [1.82, 2.24) is 14.9 Å². The maximum Gasteiger partial charge on any atom is 0.238 e. The molecule has 0 radical (unpaired) electrons. The standard InChI is InChI=1S/C14H21N5S/c1-3-19(4-2)9-10-20-13-11-7-5-6-8-12(11)16-14(17-13)18-15/h5-8H,3-4,9-10,15H2,1-2H3,(H,16,17,18). The molecule has 0 saturated carbocycles. The number of hydrazine groups is 1. The predicted octanol–water partition coefficient (Wildman–Crippen LogP) is 2.35. The van der Waals surface area contributed by atoms with E-state index in [0.29, 0.717) is 5.95 Å². The fourth-order valence-electron chi connectivity index (χ4n) is 2.03. The average Bonchev–Trinajstić information content (AvgIpc) is 2.51. The molecule has 0 aliphatic rings. The maximum atomic E-state index is 5.44. The lowest BCUT2D eigenvalue weighted by Gasteiger charge is -2.17. The number of aromatic nitrogens is 2. The van der Waals surface area contributed by atoms with Crippen LogP contribution >= 0.6 is 11.8 Å². The second kappa shape index (κ2) is 7.42. The molecule has 0 spiro atoms. The lowest BCUT2D eigenvalue weighted by molar-refractivity contribution is 0.324. The molecular formula is C14H21N5S. The van der Waals surface area contributed by atoms with Crippen molar-refractivity contribution in [3.8, 4) is 0 Å². The van der Waals surface area contributed by atoms with Crippen LogP contribution in [0, 0.1) is 0 Å². The first-order valence-corrected chi connectivity index (χ1v) is 7.85. The van der Waals surface area contributed by atoms with Gasteiger partial charge in [0.05, 0.1) is 5.52 Å². The molecule has 3 N–H and O–H groups in total. The summed E-state index contributed by atoms with van der Waals surface area (Å²) in [6.07, 6.45) is 0. The molecule has 0 fully saturated rings. The van der Waals surface area contributed by atoms with Crippen LogP contribution in [-0.4, -0.2) is 40.3 Å². The van der Waals surface area contributed by atoms with Gasteiger partial charge in [-0.1, -0.05) is 32.0 Å². The second-order valence-corrected chi connectivity index (χ2v) is 5.47. The van der Waals surface area contributed by atoms with Gasteiger partial charge in [0.15, 0.2) is 0 Å². The molecule has 0 aliphatic carbocycles. The molecule has 0 aliphatic heterocycles. The summed E-state index contributed by atoms with van der Waals surface area (Å²) >= 11 is 1.75. The summed E-state index contributed by atoms with van der Waals surface area (Å²) in [5.74, 6) is 6.91. The lowest BCUT2D eigenvalue weighted by atomic mass is 10.2. The lowest BCUT2D eigenvalue weighted by Crippen LogP contribution is -2.25. The zero-order valence-corrected chi connectivity index (χ0v) is 12.8. The number of nitrogens with two attached hydrogens (primary N) is 1. The van der Waals surface area contributed by atoms with Crippen molar-refractivity contribution in [2.75, 3.05) is 30.8 Å². The van der Waals surface area contributed by atoms with Gasteiger partial charge in [-0.25, -0.2) is 15.8 Å². The van der Waals surface area contributed by atoms with Crippen LogP contribution in [-0.2, 0) is 0 Å². The minimum atomic E-state index is 0.467. The topological polar surface area (TPSA) is 67.1 Å². The van der Waals surface area contributed by atoms with Crippen LogP contribution in [0.4, 0.5) is 5.95 Å². The first-order valence-electron chi connectivity index (χ1n) is 6.87. The van der Waals surface area contributed by atoms with Crippen LogP contribution in [0.1, 0.15) is 13.8 Å². The Morgan fingerprint density at radius 3 is 2.65 bits per heavy atom. The molecule has 0 atom stereocenters. The Labute approximate surface area is 123 Å². The molecule has 6 heteroatoms. The molecule has 5 nitrogen and oxygen atoms in total. The summed E-state index contributed by atoms with van der Waals surface area (Å²) in [4.78, 5) is 11.2. The van der Waals surface area contributed by atoms with Crippen molar-refractivity contribution in [2.45, 2.75) is 18.9 Å². The van der Waals surface area contributed by atoms with Crippen LogP contribution in [0.15, 0.2) is 29.3 Å².